The molecular weight excluding hydrogens is 328 g/mol. The van der Waals surface area contributed by atoms with E-state index in [1.807, 2.05) is 25.7 Å². The number of ether oxygens (including phenoxy) is 1. The van der Waals surface area contributed by atoms with Crippen LogP contribution in [0, 0.1) is 10.1 Å². The highest BCUT2D eigenvalue weighted by atomic mass is 16.6. The van der Waals surface area contributed by atoms with Crippen molar-refractivity contribution in [2.45, 2.75) is 26.4 Å². The van der Waals surface area contributed by atoms with E-state index in [0.29, 0.717) is 43.3 Å². The summed E-state index contributed by atoms with van der Waals surface area (Å²) in [5.74, 6) is 0. The zero-order chi connectivity index (χ0) is 18.2. The second kappa shape index (κ2) is 6.23. The third-order valence-electron chi connectivity index (χ3n) is 3.77. The van der Waals surface area contributed by atoms with E-state index in [1.165, 1.54) is 12.1 Å². The maximum absolute atomic E-state index is 12.1. The summed E-state index contributed by atoms with van der Waals surface area (Å²) < 4.78 is 11.0. The SMILES string of the molecule is CC(C)(C)OC(=O)N1CCN(c2nc3ccc([N+](=O)[O-])cc3o2)CC1. The number of fused-ring (bicyclic) bond motifs is 1. The molecule has 134 valence electrons. The summed E-state index contributed by atoms with van der Waals surface area (Å²) in [7, 11) is 0. The Morgan fingerprint density at radius 1 is 1.28 bits per heavy atom. The lowest BCUT2D eigenvalue weighted by molar-refractivity contribution is -0.384. The molecule has 9 nitrogen and oxygen atoms in total. The maximum Gasteiger partial charge on any atom is 0.410 e. The largest absolute Gasteiger partial charge is 0.444 e. The van der Waals surface area contributed by atoms with Crippen molar-refractivity contribution in [1.82, 2.24) is 9.88 Å². The minimum atomic E-state index is -0.525. The molecule has 0 radical (unpaired) electrons. The first-order valence-corrected chi connectivity index (χ1v) is 8.01. The molecule has 3 rings (SSSR count). The molecule has 1 aliphatic rings. The lowest BCUT2D eigenvalue weighted by Gasteiger charge is -2.34. The van der Waals surface area contributed by atoms with Crippen LogP contribution in [0.25, 0.3) is 11.1 Å². The molecule has 0 atom stereocenters. The number of non-ortho nitro benzene ring substituents is 1. The molecule has 0 saturated carbocycles. The van der Waals surface area contributed by atoms with E-state index in [4.69, 9.17) is 9.15 Å². The Labute approximate surface area is 144 Å². The molecule has 0 bridgehead atoms. The maximum atomic E-state index is 12.1. The van der Waals surface area contributed by atoms with Gasteiger partial charge in [0.1, 0.15) is 11.1 Å². The van der Waals surface area contributed by atoms with Crippen molar-refractivity contribution in [2.75, 3.05) is 31.1 Å². The van der Waals surface area contributed by atoms with Gasteiger partial charge < -0.3 is 19.0 Å². The molecule has 25 heavy (non-hydrogen) atoms. The fourth-order valence-corrected chi connectivity index (χ4v) is 2.56. The van der Waals surface area contributed by atoms with Gasteiger partial charge in [0.05, 0.1) is 11.0 Å². The zero-order valence-corrected chi connectivity index (χ0v) is 14.4. The van der Waals surface area contributed by atoms with E-state index >= 15 is 0 Å². The number of carbonyl (C=O) groups is 1. The van der Waals surface area contributed by atoms with Gasteiger partial charge in [-0.2, -0.15) is 4.98 Å². The van der Waals surface area contributed by atoms with Gasteiger partial charge in [-0.05, 0) is 26.8 Å². The molecule has 1 aromatic heterocycles. The van der Waals surface area contributed by atoms with E-state index in [9.17, 15) is 14.9 Å². The van der Waals surface area contributed by atoms with Crippen LogP contribution < -0.4 is 4.90 Å². The molecule has 0 N–H and O–H groups in total. The predicted octanol–water partition coefficient (Wildman–Crippen LogP) is 2.79. The fraction of sp³-hybridized carbons (Fsp3) is 0.500. The van der Waals surface area contributed by atoms with E-state index in [-0.39, 0.29) is 11.8 Å². The number of hydrogen-bond acceptors (Lipinski definition) is 7. The lowest BCUT2D eigenvalue weighted by Crippen LogP contribution is -2.50. The summed E-state index contributed by atoms with van der Waals surface area (Å²) in [6.07, 6.45) is -0.333. The average molecular weight is 348 g/mol. The van der Waals surface area contributed by atoms with Crippen molar-refractivity contribution in [3.8, 4) is 0 Å². The summed E-state index contributed by atoms with van der Waals surface area (Å²) in [5, 5.41) is 10.8. The van der Waals surface area contributed by atoms with E-state index in [1.54, 1.807) is 11.0 Å². The zero-order valence-electron chi connectivity index (χ0n) is 14.4. The Morgan fingerprint density at radius 3 is 2.56 bits per heavy atom. The third kappa shape index (κ3) is 3.81. The second-order valence-corrected chi connectivity index (χ2v) is 6.86. The molecule has 2 heterocycles. The van der Waals surface area contributed by atoms with Gasteiger partial charge in [0, 0.05) is 32.2 Å². The Kier molecular flexibility index (Phi) is 4.23. The molecule has 1 aromatic carbocycles. The van der Waals surface area contributed by atoms with Crippen LogP contribution in [-0.2, 0) is 4.74 Å². The number of nitro benzene ring substituents is 1. The predicted molar refractivity (Wildman–Crippen MR) is 90.7 cm³/mol. The number of nitro groups is 1. The normalized spacial score (nSPS) is 15.5. The van der Waals surface area contributed by atoms with E-state index < -0.39 is 10.5 Å². The Balaban J connectivity index is 1.67. The van der Waals surface area contributed by atoms with Gasteiger partial charge in [-0.25, -0.2) is 4.79 Å². The number of oxazole rings is 1. The lowest BCUT2D eigenvalue weighted by atomic mass is 10.2. The van der Waals surface area contributed by atoms with Crippen molar-refractivity contribution in [2.24, 2.45) is 0 Å². The standard InChI is InChI=1S/C16H20N4O5/c1-16(2,3)25-15(21)19-8-6-18(7-9-19)14-17-12-5-4-11(20(22)23)10-13(12)24-14/h4-5,10H,6-9H2,1-3H3. The van der Waals surface area contributed by atoms with Crippen LogP contribution in [-0.4, -0.2) is 52.7 Å². The molecule has 1 saturated heterocycles. The summed E-state index contributed by atoms with van der Waals surface area (Å²) in [6.45, 7) is 7.58. The number of hydrogen-bond donors (Lipinski definition) is 0. The van der Waals surface area contributed by atoms with Crippen LogP contribution >= 0.6 is 0 Å². The van der Waals surface area contributed by atoms with Gasteiger partial charge in [0.15, 0.2) is 5.58 Å². The van der Waals surface area contributed by atoms with E-state index in [0.717, 1.165) is 0 Å². The van der Waals surface area contributed by atoms with Gasteiger partial charge in [-0.1, -0.05) is 0 Å². The number of rotatable bonds is 2. The monoisotopic (exact) mass is 348 g/mol. The van der Waals surface area contributed by atoms with Crippen molar-refractivity contribution in [3.05, 3.63) is 28.3 Å². The average Bonchev–Trinajstić information content (AvgIpc) is 2.96. The number of benzene rings is 1. The third-order valence-corrected chi connectivity index (χ3v) is 3.77. The molecule has 1 amide bonds. The highest BCUT2D eigenvalue weighted by molar-refractivity contribution is 5.77. The number of carbonyl (C=O) groups excluding carboxylic acids is 1. The molecule has 1 fully saturated rings. The minimum Gasteiger partial charge on any atom is -0.444 e. The van der Waals surface area contributed by atoms with Crippen LogP contribution in [0.5, 0.6) is 0 Å². The molecule has 0 aliphatic carbocycles. The van der Waals surface area contributed by atoms with E-state index in [2.05, 4.69) is 4.98 Å². The molecule has 9 heteroatoms. The van der Waals surface area contributed by atoms with Gasteiger partial charge in [0.2, 0.25) is 0 Å². The number of amides is 1. The summed E-state index contributed by atoms with van der Waals surface area (Å²) in [5.41, 5.74) is 0.377. The molecule has 1 aliphatic heterocycles. The highest BCUT2D eigenvalue weighted by Gasteiger charge is 2.27. The Morgan fingerprint density at radius 2 is 1.96 bits per heavy atom. The fourth-order valence-electron chi connectivity index (χ4n) is 2.56. The quantitative estimate of drug-likeness (QED) is 0.607. The summed E-state index contributed by atoms with van der Waals surface area (Å²) in [6, 6.07) is 4.73. The smallest absolute Gasteiger partial charge is 0.410 e. The number of aromatic nitrogens is 1. The topological polar surface area (TPSA) is 102 Å². The highest BCUT2D eigenvalue weighted by Crippen LogP contribution is 2.26. The second-order valence-electron chi connectivity index (χ2n) is 6.86. The molecule has 2 aromatic rings. The first-order chi connectivity index (χ1) is 11.7. The molecule has 0 spiro atoms. The van der Waals surface area contributed by atoms with Crippen molar-refractivity contribution >= 4 is 28.9 Å². The summed E-state index contributed by atoms with van der Waals surface area (Å²) >= 11 is 0. The van der Waals surface area contributed by atoms with Gasteiger partial charge >= 0.3 is 6.09 Å². The van der Waals surface area contributed by atoms with Crippen LogP contribution in [0.1, 0.15) is 20.8 Å². The molecule has 0 unspecified atom stereocenters. The number of piperazine rings is 1. The van der Waals surface area contributed by atoms with Gasteiger partial charge in [-0.3, -0.25) is 10.1 Å². The first-order valence-electron chi connectivity index (χ1n) is 8.01. The van der Waals surface area contributed by atoms with Crippen molar-refractivity contribution in [1.29, 1.82) is 0 Å². The molecular formula is C16H20N4O5. The van der Waals surface area contributed by atoms with Crippen LogP contribution in [0.3, 0.4) is 0 Å². The number of nitrogens with zero attached hydrogens (tertiary/aromatic N) is 4. The minimum absolute atomic E-state index is 0.0371. The van der Waals surface area contributed by atoms with Crippen molar-refractivity contribution < 1.29 is 18.9 Å². The van der Waals surface area contributed by atoms with Crippen LogP contribution in [0.4, 0.5) is 16.5 Å². The first kappa shape index (κ1) is 17.0. The van der Waals surface area contributed by atoms with Crippen molar-refractivity contribution in [3.63, 3.8) is 0 Å². The summed E-state index contributed by atoms with van der Waals surface area (Å²) in [4.78, 5) is 30.4. The Hall–Kier alpha value is -2.84. The van der Waals surface area contributed by atoms with Gasteiger partial charge in [-0.15, -0.1) is 0 Å². The Bertz CT molecular complexity index is 802. The van der Waals surface area contributed by atoms with Crippen LogP contribution in [0.2, 0.25) is 0 Å². The van der Waals surface area contributed by atoms with Crippen LogP contribution in [0.15, 0.2) is 22.6 Å². The number of anilines is 1. The van der Waals surface area contributed by atoms with Gasteiger partial charge in [0.25, 0.3) is 11.7 Å².